The van der Waals surface area contributed by atoms with Gasteiger partial charge < -0.3 is 10.6 Å². The van der Waals surface area contributed by atoms with Gasteiger partial charge >= 0.3 is 0 Å². The van der Waals surface area contributed by atoms with E-state index in [2.05, 4.69) is 0 Å². The number of nitrogens with zero attached hydrogens (tertiary/aromatic N) is 2. The zero-order valence-corrected chi connectivity index (χ0v) is 12.9. The summed E-state index contributed by atoms with van der Waals surface area (Å²) in [7, 11) is -4.03. The number of carbonyl (C=O) groups is 1. The molecule has 0 bridgehead atoms. The molecular formula is C12H15ClFN3O3S. The summed E-state index contributed by atoms with van der Waals surface area (Å²) in [6.45, 7) is 2.17. The fourth-order valence-corrected chi connectivity index (χ4v) is 3.98. The molecule has 1 amide bonds. The molecule has 1 aromatic rings. The van der Waals surface area contributed by atoms with Crippen molar-refractivity contribution in [2.75, 3.05) is 31.9 Å². The van der Waals surface area contributed by atoms with Gasteiger partial charge in [-0.05, 0) is 12.1 Å². The third kappa shape index (κ3) is 3.12. The maximum atomic E-state index is 14.0. The lowest BCUT2D eigenvalue weighted by Crippen LogP contribution is -2.50. The van der Waals surface area contributed by atoms with Crippen LogP contribution in [0.25, 0.3) is 0 Å². The minimum absolute atomic E-state index is 0.0716. The monoisotopic (exact) mass is 335 g/mol. The Hall–Kier alpha value is -1.38. The lowest BCUT2D eigenvalue weighted by molar-refractivity contribution is -0.129. The Bertz CT molecular complexity index is 673. The minimum atomic E-state index is -4.03. The molecule has 6 nitrogen and oxygen atoms in total. The maximum Gasteiger partial charge on any atom is 0.246 e. The van der Waals surface area contributed by atoms with E-state index < -0.39 is 20.7 Å². The second kappa shape index (κ2) is 5.78. The van der Waals surface area contributed by atoms with Crippen molar-refractivity contribution in [2.45, 2.75) is 11.8 Å². The van der Waals surface area contributed by atoms with E-state index in [4.69, 9.17) is 17.3 Å². The first-order valence-electron chi connectivity index (χ1n) is 6.23. The van der Waals surface area contributed by atoms with E-state index in [1.807, 2.05) is 0 Å². The number of hydrogen-bond donors (Lipinski definition) is 1. The molecule has 1 heterocycles. The maximum absolute atomic E-state index is 14.0. The highest BCUT2D eigenvalue weighted by Gasteiger charge is 2.32. The summed E-state index contributed by atoms with van der Waals surface area (Å²) in [4.78, 5) is 12.2. The molecule has 2 N–H and O–H groups in total. The van der Waals surface area contributed by atoms with Gasteiger partial charge in [0.15, 0.2) is 5.82 Å². The molecule has 21 heavy (non-hydrogen) atoms. The van der Waals surface area contributed by atoms with Crippen LogP contribution in [0.4, 0.5) is 10.1 Å². The first kappa shape index (κ1) is 16.0. The minimum Gasteiger partial charge on any atom is -0.399 e. The average molecular weight is 336 g/mol. The summed E-state index contributed by atoms with van der Waals surface area (Å²) >= 11 is 5.64. The summed E-state index contributed by atoms with van der Waals surface area (Å²) in [5.41, 5.74) is 5.60. The highest BCUT2D eigenvalue weighted by atomic mass is 35.5. The van der Waals surface area contributed by atoms with Gasteiger partial charge in [-0.25, -0.2) is 12.8 Å². The molecule has 0 spiro atoms. The number of nitrogen functional groups attached to an aromatic ring is 1. The molecule has 1 saturated heterocycles. The zero-order valence-electron chi connectivity index (χ0n) is 11.3. The SMILES string of the molecule is CC(=O)N1CCN(S(=O)(=O)c2cc(N)cc(Cl)c2F)CC1. The van der Waals surface area contributed by atoms with E-state index in [0.717, 1.165) is 16.4 Å². The number of halogens is 2. The Morgan fingerprint density at radius 1 is 1.29 bits per heavy atom. The van der Waals surface area contributed by atoms with E-state index in [0.29, 0.717) is 0 Å². The summed E-state index contributed by atoms with van der Waals surface area (Å²) in [6, 6.07) is 2.21. The molecule has 9 heteroatoms. The smallest absolute Gasteiger partial charge is 0.246 e. The van der Waals surface area contributed by atoms with Gasteiger partial charge in [-0.15, -0.1) is 0 Å². The highest BCUT2D eigenvalue weighted by Crippen LogP contribution is 2.28. The number of benzene rings is 1. The number of rotatable bonds is 2. The van der Waals surface area contributed by atoms with Gasteiger partial charge in [0.2, 0.25) is 15.9 Å². The number of piperazine rings is 1. The molecule has 1 aromatic carbocycles. The third-order valence-corrected chi connectivity index (χ3v) is 5.49. The van der Waals surface area contributed by atoms with E-state index in [1.54, 1.807) is 0 Å². The van der Waals surface area contributed by atoms with Gasteiger partial charge in [0, 0.05) is 38.8 Å². The summed E-state index contributed by atoms with van der Waals surface area (Å²) in [5, 5.41) is -0.337. The topological polar surface area (TPSA) is 83.7 Å². The number of anilines is 1. The van der Waals surface area contributed by atoms with Crippen LogP contribution in [0.15, 0.2) is 17.0 Å². The molecule has 0 aromatic heterocycles. The molecule has 0 aliphatic carbocycles. The van der Waals surface area contributed by atoms with Crippen molar-refractivity contribution in [3.05, 3.63) is 23.0 Å². The van der Waals surface area contributed by atoms with E-state index in [-0.39, 0.29) is 42.8 Å². The van der Waals surface area contributed by atoms with Crippen molar-refractivity contribution < 1.29 is 17.6 Å². The van der Waals surface area contributed by atoms with Crippen molar-refractivity contribution in [1.29, 1.82) is 0 Å². The van der Waals surface area contributed by atoms with Crippen LogP contribution >= 0.6 is 11.6 Å². The van der Waals surface area contributed by atoms with Gasteiger partial charge in [-0.2, -0.15) is 4.31 Å². The number of amides is 1. The number of hydrogen-bond acceptors (Lipinski definition) is 4. The first-order valence-corrected chi connectivity index (χ1v) is 8.05. The van der Waals surface area contributed by atoms with E-state index in [9.17, 15) is 17.6 Å². The molecule has 1 aliphatic heterocycles. The van der Waals surface area contributed by atoms with E-state index in [1.165, 1.54) is 11.8 Å². The second-order valence-corrected chi connectivity index (χ2v) is 7.04. The summed E-state index contributed by atoms with van der Waals surface area (Å²) < 4.78 is 40.0. The van der Waals surface area contributed by atoms with Crippen LogP contribution in [0, 0.1) is 5.82 Å². The fourth-order valence-electron chi connectivity index (χ4n) is 2.15. The highest BCUT2D eigenvalue weighted by molar-refractivity contribution is 7.89. The van der Waals surface area contributed by atoms with Crippen LogP contribution in [-0.4, -0.2) is 49.7 Å². The number of sulfonamides is 1. The zero-order chi connectivity index (χ0) is 15.8. The first-order chi connectivity index (χ1) is 9.73. The van der Waals surface area contributed by atoms with Crippen LogP contribution in [0.2, 0.25) is 5.02 Å². The Kier molecular flexibility index (Phi) is 4.40. The fraction of sp³-hybridized carbons (Fsp3) is 0.417. The average Bonchev–Trinajstić information content (AvgIpc) is 2.42. The Balaban J connectivity index is 2.30. The number of carbonyl (C=O) groups excluding carboxylic acids is 1. The quantitative estimate of drug-likeness (QED) is 0.814. The van der Waals surface area contributed by atoms with Crippen molar-refractivity contribution in [1.82, 2.24) is 9.21 Å². The molecule has 0 radical (unpaired) electrons. The normalized spacial score (nSPS) is 17.0. The Morgan fingerprint density at radius 3 is 2.38 bits per heavy atom. The Labute approximate surface area is 127 Å². The summed E-state index contributed by atoms with van der Waals surface area (Å²) in [6.07, 6.45) is 0. The van der Waals surface area contributed by atoms with Gasteiger partial charge in [0.1, 0.15) is 4.90 Å². The van der Waals surface area contributed by atoms with Crippen molar-refractivity contribution in [3.8, 4) is 0 Å². The predicted octanol–water partition coefficient (Wildman–Crippen LogP) is 0.914. The second-order valence-electron chi connectivity index (χ2n) is 4.72. The predicted molar refractivity (Wildman–Crippen MR) is 76.8 cm³/mol. The largest absolute Gasteiger partial charge is 0.399 e. The van der Waals surface area contributed by atoms with Gasteiger partial charge in [-0.3, -0.25) is 4.79 Å². The molecule has 0 saturated carbocycles. The van der Waals surface area contributed by atoms with E-state index >= 15 is 0 Å². The molecule has 0 unspecified atom stereocenters. The van der Waals surface area contributed by atoms with Crippen molar-refractivity contribution in [2.24, 2.45) is 0 Å². The molecule has 1 aliphatic rings. The molecule has 1 fully saturated rings. The Morgan fingerprint density at radius 2 is 1.86 bits per heavy atom. The number of nitrogens with two attached hydrogens (primary N) is 1. The van der Waals surface area contributed by atoms with Gasteiger partial charge in [0.05, 0.1) is 5.02 Å². The standard InChI is InChI=1S/C12H15ClFN3O3S/c1-8(18)16-2-4-17(5-3-16)21(19,20)11-7-9(15)6-10(13)12(11)14/h6-7H,2-5,15H2,1H3. The van der Waals surface area contributed by atoms with Crippen LogP contribution in [0.1, 0.15) is 6.92 Å². The van der Waals surface area contributed by atoms with Crippen molar-refractivity contribution >= 4 is 33.2 Å². The summed E-state index contributed by atoms with van der Waals surface area (Å²) in [5.74, 6) is -1.13. The van der Waals surface area contributed by atoms with Crippen molar-refractivity contribution in [3.63, 3.8) is 0 Å². The lowest BCUT2D eigenvalue weighted by Gasteiger charge is -2.33. The molecule has 0 atom stereocenters. The third-order valence-electron chi connectivity index (χ3n) is 3.32. The van der Waals surface area contributed by atoms with Crippen LogP contribution in [-0.2, 0) is 14.8 Å². The van der Waals surface area contributed by atoms with Gasteiger partial charge in [-0.1, -0.05) is 11.6 Å². The molecule has 116 valence electrons. The molecular weight excluding hydrogens is 321 g/mol. The van der Waals surface area contributed by atoms with Crippen LogP contribution in [0.3, 0.4) is 0 Å². The molecule has 2 rings (SSSR count). The van der Waals surface area contributed by atoms with Gasteiger partial charge in [0.25, 0.3) is 0 Å². The van der Waals surface area contributed by atoms with Crippen LogP contribution < -0.4 is 5.73 Å². The van der Waals surface area contributed by atoms with Crippen LogP contribution in [0.5, 0.6) is 0 Å². The lowest BCUT2D eigenvalue weighted by atomic mass is 10.3.